The molecule has 8 nitrogen and oxygen atoms in total. The zero-order valence-corrected chi connectivity index (χ0v) is 13.3. The van der Waals surface area contributed by atoms with Crippen molar-refractivity contribution in [3.63, 3.8) is 0 Å². The highest BCUT2D eigenvalue weighted by Crippen LogP contribution is 2.26. The number of rotatable bonds is 4. The van der Waals surface area contributed by atoms with Gasteiger partial charge in [0.2, 0.25) is 5.89 Å². The summed E-state index contributed by atoms with van der Waals surface area (Å²) in [6.45, 7) is 2.42. The summed E-state index contributed by atoms with van der Waals surface area (Å²) in [5.74, 6) is 1.30. The van der Waals surface area contributed by atoms with Gasteiger partial charge in [0.15, 0.2) is 0 Å². The van der Waals surface area contributed by atoms with Gasteiger partial charge in [-0.05, 0) is 24.3 Å². The van der Waals surface area contributed by atoms with Crippen LogP contribution in [0.25, 0.3) is 11.5 Å². The van der Waals surface area contributed by atoms with Crippen LogP contribution in [0, 0.1) is 0 Å². The molecule has 1 unspecified atom stereocenters. The Bertz CT molecular complexity index is 783. The molecule has 1 aliphatic rings. The van der Waals surface area contributed by atoms with E-state index in [0.29, 0.717) is 11.9 Å². The molecule has 2 N–H and O–H groups in total. The largest absolute Gasteiger partial charge is 0.497 e. The minimum Gasteiger partial charge on any atom is -0.497 e. The van der Waals surface area contributed by atoms with Crippen LogP contribution < -0.4 is 15.0 Å². The van der Waals surface area contributed by atoms with Crippen LogP contribution in [-0.4, -0.2) is 47.1 Å². The topological polar surface area (TPSA) is 92.1 Å². The molecule has 1 aromatic carbocycles. The number of nitrogens with one attached hydrogen (secondary N) is 2. The van der Waals surface area contributed by atoms with E-state index in [2.05, 4.69) is 30.6 Å². The first-order valence-electron chi connectivity index (χ1n) is 7.78. The van der Waals surface area contributed by atoms with Crippen molar-refractivity contribution < 1.29 is 9.15 Å². The molecule has 2 aromatic heterocycles. The van der Waals surface area contributed by atoms with Crippen molar-refractivity contribution in [3.8, 4) is 17.2 Å². The van der Waals surface area contributed by atoms with Crippen molar-refractivity contribution in [1.29, 1.82) is 0 Å². The number of aromatic amines is 1. The van der Waals surface area contributed by atoms with E-state index in [1.165, 1.54) is 0 Å². The Morgan fingerprint density at radius 1 is 1.25 bits per heavy atom. The Labute approximate surface area is 138 Å². The first-order chi connectivity index (χ1) is 11.8. The zero-order chi connectivity index (χ0) is 16.4. The summed E-state index contributed by atoms with van der Waals surface area (Å²) in [5.41, 5.74) is 1.99. The minimum absolute atomic E-state index is 0.189. The lowest BCUT2D eigenvalue weighted by Crippen LogP contribution is -2.45. The molecule has 1 fully saturated rings. The van der Waals surface area contributed by atoms with Crippen molar-refractivity contribution in [2.24, 2.45) is 0 Å². The normalized spacial score (nSPS) is 17.9. The lowest BCUT2D eigenvalue weighted by molar-refractivity contribution is 0.415. The fourth-order valence-electron chi connectivity index (χ4n) is 2.79. The van der Waals surface area contributed by atoms with E-state index in [9.17, 15) is 0 Å². The maximum absolute atomic E-state index is 5.86. The van der Waals surface area contributed by atoms with E-state index in [1.54, 1.807) is 7.11 Å². The van der Waals surface area contributed by atoms with Gasteiger partial charge < -0.3 is 19.4 Å². The summed E-state index contributed by atoms with van der Waals surface area (Å²) < 4.78 is 11.0. The maximum atomic E-state index is 5.86. The first-order valence-corrected chi connectivity index (χ1v) is 7.78. The van der Waals surface area contributed by atoms with Gasteiger partial charge in [-0.1, -0.05) is 5.10 Å². The number of benzene rings is 1. The fourth-order valence-corrected chi connectivity index (χ4v) is 2.79. The van der Waals surface area contributed by atoms with Gasteiger partial charge in [0.05, 0.1) is 19.3 Å². The molecule has 1 saturated heterocycles. The lowest BCUT2D eigenvalue weighted by Gasteiger charge is -2.31. The standard InChI is InChI=1S/C16H18N6O2/c1-23-13-4-2-11(3-5-13)15-20-21-16(24-15)22-7-6-17-14(10-22)12-8-18-19-9-12/h2-5,8-9,14,17H,6-7,10H2,1H3,(H,18,19). The molecule has 0 bridgehead atoms. The van der Waals surface area contributed by atoms with Crippen molar-refractivity contribution in [1.82, 2.24) is 25.7 Å². The van der Waals surface area contributed by atoms with Crippen LogP contribution in [0.2, 0.25) is 0 Å². The SMILES string of the molecule is COc1ccc(-c2nnc(N3CCNC(c4cn[nH]c4)C3)o2)cc1. The van der Waals surface area contributed by atoms with E-state index in [0.717, 1.165) is 36.5 Å². The van der Waals surface area contributed by atoms with Crippen LogP contribution in [0.3, 0.4) is 0 Å². The Kier molecular flexibility index (Phi) is 3.87. The average Bonchev–Trinajstić information content (AvgIpc) is 3.34. The van der Waals surface area contributed by atoms with Gasteiger partial charge in [-0.25, -0.2) is 0 Å². The number of ether oxygens (including phenoxy) is 1. The summed E-state index contributed by atoms with van der Waals surface area (Å²) in [7, 11) is 1.64. The molecule has 0 radical (unpaired) electrons. The van der Waals surface area contributed by atoms with E-state index < -0.39 is 0 Å². The van der Waals surface area contributed by atoms with Crippen molar-refractivity contribution in [3.05, 3.63) is 42.2 Å². The van der Waals surface area contributed by atoms with E-state index in [-0.39, 0.29) is 6.04 Å². The molecule has 1 aliphatic heterocycles. The summed E-state index contributed by atoms with van der Waals surface area (Å²) in [5, 5.41) is 18.7. The smallest absolute Gasteiger partial charge is 0.318 e. The van der Waals surface area contributed by atoms with Crippen molar-refractivity contribution in [2.75, 3.05) is 31.6 Å². The molecule has 8 heteroatoms. The highest BCUT2D eigenvalue weighted by molar-refractivity contribution is 5.55. The summed E-state index contributed by atoms with van der Waals surface area (Å²) >= 11 is 0. The van der Waals surface area contributed by atoms with Gasteiger partial charge in [-0.3, -0.25) is 5.10 Å². The molecule has 3 aromatic rings. The van der Waals surface area contributed by atoms with Gasteiger partial charge in [-0.15, -0.1) is 5.10 Å². The number of hydrogen-bond acceptors (Lipinski definition) is 7. The third kappa shape index (κ3) is 2.83. The molecular weight excluding hydrogens is 308 g/mol. The summed E-state index contributed by atoms with van der Waals surface area (Å²) in [6.07, 6.45) is 3.73. The Hall–Kier alpha value is -2.87. The fraction of sp³-hybridized carbons (Fsp3) is 0.312. The highest BCUT2D eigenvalue weighted by atomic mass is 16.5. The van der Waals surface area contributed by atoms with E-state index >= 15 is 0 Å². The number of piperazine rings is 1. The van der Waals surface area contributed by atoms with Gasteiger partial charge in [0.25, 0.3) is 0 Å². The van der Waals surface area contributed by atoms with Crippen LogP contribution >= 0.6 is 0 Å². The first kappa shape index (κ1) is 14.7. The number of H-pyrrole nitrogens is 1. The molecule has 0 spiro atoms. The van der Waals surface area contributed by atoms with Crippen LogP contribution in [0.5, 0.6) is 5.75 Å². The molecular formula is C16H18N6O2. The molecule has 0 aliphatic carbocycles. The van der Waals surface area contributed by atoms with Crippen molar-refractivity contribution in [2.45, 2.75) is 6.04 Å². The second-order valence-corrected chi connectivity index (χ2v) is 5.60. The molecule has 3 heterocycles. The number of nitrogens with zero attached hydrogens (tertiary/aromatic N) is 4. The number of hydrogen-bond donors (Lipinski definition) is 2. The van der Waals surface area contributed by atoms with Gasteiger partial charge in [0, 0.05) is 37.0 Å². The zero-order valence-electron chi connectivity index (χ0n) is 13.3. The van der Waals surface area contributed by atoms with Crippen molar-refractivity contribution >= 4 is 6.01 Å². The van der Waals surface area contributed by atoms with Crippen LogP contribution in [0.4, 0.5) is 6.01 Å². The van der Waals surface area contributed by atoms with Crippen LogP contribution in [-0.2, 0) is 0 Å². The van der Waals surface area contributed by atoms with Gasteiger partial charge >= 0.3 is 6.01 Å². The Balaban J connectivity index is 1.51. The predicted molar refractivity (Wildman–Crippen MR) is 87.8 cm³/mol. The molecule has 124 valence electrons. The molecule has 24 heavy (non-hydrogen) atoms. The number of anilines is 1. The molecule has 0 saturated carbocycles. The lowest BCUT2D eigenvalue weighted by atomic mass is 10.1. The van der Waals surface area contributed by atoms with Gasteiger partial charge in [-0.2, -0.15) is 5.10 Å². The Morgan fingerprint density at radius 2 is 2.12 bits per heavy atom. The molecule has 0 amide bonds. The van der Waals surface area contributed by atoms with Crippen LogP contribution in [0.1, 0.15) is 11.6 Å². The summed E-state index contributed by atoms with van der Waals surface area (Å²) in [6, 6.07) is 8.28. The van der Waals surface area contributed by atoms with Gasteiger partial charge in [0.1, 0.15) is 5.75 Å². The predicted octanol–water partition coefficient (Wildman–Crippen LogP) is 1.62. The molecule has 4 rings (SSSR count). The second-order valence-electron chi connectivity index (χ2n) is 5.60. The third-order valence-electron chi connectivity index (χ3n) is 4.12. The Morgan fingerprint density at radius 3 is 2.88 bits per heavy atom. The van der Waals surface area contributed by atoms with Crippen LogP contribution in [0.15, 0.2) is 41.1 Å². The minimum atomic E-state index is 0.189. The average molecular weight is 326 g/mol. The van der Waals surface area contributed by atoms with E-state index in [4.69, 9.17) is 9.15 Å². The quantitative estimate of drug-likeness (QED) is 0.752. The molecule has 1 atom stereocenters. The second kappa shape index (κ2) is 6.32. The number of aromatic nitrogens is 4. The van der Waals surface area contributed by atoms with E-state index in [1.807, 2.05) is 36.7 Å². The highest BCUT2D eigenvalue weighted by Gasteiger charge is 2.25. The third-order valence-corrected chi connectivity index (χ3v) is 4.12. The maximum Gasteiger partial charge on any atom is 0.318 e. The monoisotopic (exact) mass is 326 g/mol. The number of methoxy groups -OCH3 is 1. The summed E-state index contributed by atoms with van der Waals surface area (Å²) in [4.78, 5) is 2.09.